The Morgan fingerprint density at radius 1 is 1.15 bits per heavy atom. The van der Waals surface area contributed by atoms with Crippen LogP contribution < -0.4 is 14.8 Å². The second-order valence-electron chi connectivity index (χ2n) is 5.22. The number of methoxy groups -OCH3 is 2. The predicted octanol–water partition coefficient (Wildman–Crippen LogP) is 2.61. The smallest absolute Gasteiger partial charge is 0.258 e. The van der Waals surface area contributed by atoms with E-state index in [0.717, 1.165) is 5.56 Å². The van der Waals surface area contributed by atoms with E-state index in [-0.39, 0.29) is 5.95 Å². The van der Waals surface area contributed by atoms with E-state index < -0.39 is 5.91 Å². The molecule has 2 N–H and O–H groups in total. The average Bonchev–Trinajstić information content (AvgIpc) is 3.15. The highest BCUT2D eigenvalue weighted by Crippen LogP contribution is 2.31. The van der Waals surface area contributed by atoms with Gasteiger partial charge in [0.25, 0.3) is 5.91 Å². The number of anilines is 1. The molecule has 0 aliphatic heterocycles. The molecule has 0 saturated heterocycles. The van der Waals surface area contributed by atoms with Gasteiger partial charge in [0.15, 0.2) is 17.3 Å². The van der Waals surface area contributed by atoms with Crippen LogP contribution in [0.3, 0.4) is 0 Å². The van der Waals surface area contributed by atoms with Crippen LogP contribution in [0.4, 0.5) is 5.95 Å². The van der Waals surface area contributed by atoms with Gasteiger partial charge in [0.2, 0.25) is 5.95 Å². The fourth-order valence-electron chi connectivity index (χ4n) is 2.33. The van der Waals surface area contributed by atoms with Crippen LogP contribution in [0.5, 0.6) is 11.5 Å². The number of ether oxygens (including phenoxy) is 2. The highest BCUT2D eigenvalue weighted by atomic mass is 16.5. The lowest BCUT2D eigenvalue weighted by Gasteiger charge is -2.07. The molecule has 2 aromatic carbocycles. The van der Waals surface area contributed by atoms with Crippen LogP contribution in [-0.2, 0) is 0 Å². The van der Waals surface area contributed by atoms with Gasteiger partial charge in [-0.3, -0.25) is 15.2 Å². The van der Waals surface area contributed by atoms with Gasteiger partial charge in [0.1, 0.15) is 0 Å². The Bertz CT molecular complexity index is 990. The van der Waals surface area contributed by atoms with Gasteiger partial charge < -0.3 is 9.47 Å². The molecule has 1 amide bonds. The van der Waals surface area contributed by atoms with Crippen LogP contribution in [-0.4, -0.2) is 35.3 Å². The van der Waals surface area contributed by atoms with Gasteiger partial charge in [-0.15, -0.1) is 5.10 Å². The van der Waals surface area contributed by atoms with Crippen LogP contribution in [0.1, 0.15) is 15.9 Å². The first-order valence-corrected chi connectivity index (χ1v) is 7.61. The quantitative estimate of drug-likeness (QED) is 0.732. The molecule has 0 radical (unpaired) electrons. The molecule has 0 atom stereocenters. The molecular formula is C18H15N5O3. The van der Waals surface area contributed by atoms with Gasteiger partial charge >= 0.3 is 0 Å². The molecule has 1 aromatic heterocycles. The fourth-order valence-corrected chi connectivity index (χ4v) is 2.33. The Morgan fingerprint density at radius 2 is 1.96 bits per heavy atom. The number of hydrogen-bond donors (Lipinski definition) is 2. The van der Waals surface area contributed by atoms with Crippen molar-refractivity contribution in [2.45, 2.75) is 0 Å². The molecule has 0 unspecified atom stereocenters. The first-order chi connectivity index (χ1) is 12.6. The second-order valence-corrected chi connectivity index (χ2v) is 5.22. The first kappa shape index (κ1) is 17.0. The minimum absolute atomic E-state index is 0.127. The lowest BCUT2D eigenvalue weighted by Crippen LogP contribution is -2.13. The highest BCUT2D eigenvalue weighted by Gasteiger charge is 2.13. The topological polar surface area (TPSA) is 113 Å². The molecule has 3 aromatic rings. The van der Waals surface area contributed by atoms with Gasteiger partial charge in [-0.2, -0.15) is 10.2 Å². The third-order valence-electron chi connectivity index (χ3n) is 3.62. The summed E-state index contributed by atoms with van der Waals surface area (Å²) < 4.78 is 10.5. The molecule has 0 aliphatic carbocycles. The van der Waals surface area contributed by atoms with E-state index in [2.05, 4.69) is 20.5 Å². The number of rotatable bonds is 5. The number of nitriles is 1. The molecule has 26 heavy (non-hydrogen) atoms. The van der Waals surface area contributed by atoms with Crippen LogP contribution in [0.2, 0.25) is 0 Å². The Balaban J connectivity index is 1.80. The number of amides is 1. The molecule has 1 heterocycles. The monoisotopic (exact) mass is 349 g/mol. The SMILES string of the molecule is COc1ccc(-c2nc(NC(=O)c3cccc(C#N)c3)n[nH]2)cc1OC. The van der Waals surface area contributed by atoms with E-state index in [1.165, 1.54) is 6.07 Å². The van der Waals surface area contributed by atoms with Crippen molar-refractivity contribution in [2.75, 3.05) is 19.5 Å². The maximum atomic E-state index is 12.3. The van der Waals surface area contributed by atoms with Gasteiger partial charge in [0.05, 0.1) is 25.9 Å². The van der Waals surface area contributed by atoms with Crippen molar-refractivity contribution >= 4 is 11.9 Å². The summed E-state index contributed by atoms with van der Waals surface area (Å²) >= 11 is 0. The van der Waals surface area contributed by atoms with E-state index in [0.29, 0.717) is 28.5 Å². The van der Waals surface area contributed by atoms with Gasteiger partial charge in [-0.1, -0.05) is 6.07 Å². The van der Waals surface area contributed by atoms with E-state index >= 15 is 0 Å². The molecule has 0 aliphatic rings. The van der Waals surface area contributed by atoms with Crippen molar-refractivity contribution < 1.29 is 14.3 Å². The lowest BCUT2D eigenvalue weighted by atomic mass is 10.1. The number of nitrogens with one attached hydrogen (secondary N) is 2. The average molecular weight is 349 g/mol. The highest BCUT2D eigenvalue weighted by molar-refractivity contribution is 6.03. The predicted molar refractivity (Wildman–Crippen MR) is 94.0 cm³/mol. The van der Waals surface area contributed by atoms with Crippen molar-refractivity contribution in [3.63, 3.8) is 0 Å². The summed E-state index contributed by atoms with van der Waals surface area (Å²) in [6.45, 7) is 0. The van der Waals surface area contributed by atoms with Crippen LogP contribution in [0, 0.1) is 11.3 Å². The molecule has 0 fully saturated rings. The van der Waals surface area contributed by atoms with E-state index in [1.54, 1.807) is 50.6 Å². The Morgan fingerprint density at radius 3 is 2.69 bits per heavy atom. The summed E-state index contributed by atoms with van der Waals surface area (Å²) in [6, 6.07) is 13.7. The van der Waals surface area contributed by atoms with E-state index in [4.69, 9.17) is 14.7 Å². The van der Waals surface area contributed by atoms with E-state index in [1.807, 2.05) is 6.07 Å². The molecular weight excluding hydrogens is 334 g/mol. The number of nitrogens with zero attached hydrogens (tertiary/aromatic N) is 3. The Hall–Kier alpha value is -3.86. The zero-order valence-corrected chi connectivity index (χ0v) is 14.1. The molecule has 0 spiro atoms. The molecule has 8 nitrogen and oxygen atoms in total. The van der Waals surface area contributed by atoms with Gasteiger partial charge in [0, 0.05) is 11.1 Å². The summed E-state index contributed by atoms with van der Waals surface area (Å²) in [7, 11) is 3.10. The maximum absolute atomic E-state index is 12.3. The first-order valence-electron chi connectivity index (χ1n) is 7.61. The van der Waals surface area contributed by atoms with Crippen molar-refractivity contribution in [1.29, 1.82) is 5.26 Å². The summed E-state index contributed by atoms with van der Waals surface area (Å²) in [4.78, 5) is 16.5. The lowest BCUT2D eigenvalue weighted by molar-refractivity contribution is 0.102. The minimum atomic E-state index is -0.403. The van der Waals surface area contributed by atoms with Crippen molar-refractivity contribution in [3.8, 4) is 29.0 Å². The van der Waals surface area contributed by atoms with Crippen molar-refractivity contribution in [2.24, 2.45) is 0 Å². The summed E-state index contributed by atoms with van der Waals surface area (Å²) in [5.41, 5.74) is 1.47. The molecule has 130 valence electrons. The fraction of sp³-hybridized carbons (Fsp3) is 0.111. The molecule has 0 bridgehead atoms. The van der Waals surface area contributed by atoms with Crippen molar-refractivity contribution in [1.82, 2.24) is 15.2 Å². The summed E-state index contributed by atoms with van der Waals surface area (Å²) in [6.07, 6.45) is 0. The maximum Gasteiger partial charge on any atom is 0.258 e. The van der Waals surface area contributed by atoms with Crippen LogP contribution in [0.15, 0.2) is 42.5 Å². The van der Waals surface area contributed by atoms with E-state index in [9.17, 15) is 4.79 Å². The number of H-pyrrole nitrogens is 1. The number of benzene rings is 2. The van der Waals surface area contributed by atoms with Crippen molar-refractivity contribution in [3.05, 3.63) is 53.6 Å². The van der Waals surface area contributed by atoms with Crippen LogP contribution in [0.25, 0.3) is 11.4 Å². The zero-order chi connectivity index (χ0) is 18.5. The normalized spacial score (nSPS) is 10.0. The van der Waals surface area contributed by atoms with Crippen LogP contribution >= 0.6 is 0 Å². The zero-order valence-electron chi connectivity index (χ0n) is 14.1. The summed E-state index contributed by atoms with van der Waals surface area (Å²) in [5, 5.41) is 18.3. The molecule has 3 rings (SSSR count). The Labute approximate surface area is 149 Å². The third-order valence-corrected chi connectivity index (χ3v) is 3.62. The summed E-state index contributed by atoms with van der Waals surface area (Å²) in [5.74, 6) is 1.34. The minimum Gasteiger partial charge on any atom is -0.493 e. The number of carbonyl (C=O) groups is 1. The molecule has 8 heteroatoms. The number of aromatic amines is 1. The van der Waals surface area contributed by atoms with Gasteiger partial charge in [-0.25, -0.2) is 0 Å². The number of aromatic nitrogens is 3. The number of hydrogen-bond acceptors (Lipinski definition) is 6. The van der Waals surface area contributed by atoms with Gasteiger partial charge in [-0.05, 0) is 36.4 Å². The second kappa shape index (κ2) is 7.36. The Kier molecular flexibility index (Phi) is 4.80. The largest absolute Gasteiger partial charge is 0.493 e. The third kappa shape index (κ3) is 3.47. The standard InChI is InChI=1S/C18H15N5O3/c1-25-14-7-6-12(9-15(14)26-2)16-20-18(23-22-16)21-17(24)13-5-3-4-11(8-13)10-19/h3-9H,1-2H3,(H2,20,21,22,23,24). The number of carbonyl (C=O) groups excluding carboxylic acids is 1. The molecule has 0 saturated carbocycles.